The molecule has 1 N–H and O–H groups in total. The lowest BCUT2D eigenvalue weighted by molar-refractivity contribution is 1.15. The van der Waals surface area contributed by atoms with Crippen LogP contribution >= 0.6 is 23.2 Å². The molecule has 64 valence electrons. The number of rotatable bonds is 3. The van der Waals surface area contributed by atoms with Crippen molar-refractivity contribution in [1.82, 2.24) is 9.97 Å². The highest BCUT2D eigenvalue weighted by atomic mass is 35.5. The highest BCUT2D eigenvalue weighted by molar-refractivity contribution is 6.32. The molecule has 1 aromatic heterocycles. The molecule has 1 heterocycles. The van der Waals surface area contributed by atoms with Crippen LogP contribution in [0.2, 0.25) is 5.15 Å². The van der Waals surface area contributed by atoms with Gasteiger partial charge in [0.25, 0.3) is 0 Å². The maximum Gasteiger partial charge on any atom is 0.171 e. The molecule has 0 saturated carbocycles. The highest BCUT2D eigenvalue weighted by Crippen LogP contribution is 2.14. The van der Waals surface area contributed by atoms with Crippen LogP contribution in [0.25, 0.3) is 0 Å². The molecule has 0 atom stereocenters. The van der Waals surface area contributed by atoms with Crippen molar-refractivity contribution in [2.75, 3.05) is 11.9 Å². The molecule has 0 bridgehead atoms. The van der Waals surface area contributed by atoms with Crippen molar-refractivity contribution in [3.8, 4) is 0 Å². The Morgan fingerprint density at radius 1 is 1.50 bits per heavy atom. The Kier molecular flexibility index (Phi) is 3.31. The fourth-order valence-corrected chi connectivity index (χ4v) is 0.858. The Balaban J connectivity index is 2.63. The van der Waals surface area contributed by atoms with E-state index in [9.17, 15) is 0 Å². The molecule has 0 aliphatic carbocycles. The number of anilines is 1. The van der Waals surface area contributed by atoms with E-state index in [2.05, 4.69) is 21.9 Å². The second kappa shape index (κ2) is 4.28. The van der Waals surface area contributed by atoms with Gasteiger partial charge in [0.05, 0.1) is 6.54 Å². The quantitative estimate of drug-likeness (QED) is 0.820. The minimum absolute atomic E-state index is 0.329. The fraction of sp³-hybridized carbons (Fsp3) is 0.143. The molecule has 0 saturated heterocycles. The first-order valence-electron chi connectivity index (χ1n) is 3.24. The van der Waals surface area contributed by atoms with Gasteiger partial charge in [-0.15, -0.1) is 0 Å². The zero-order valence-corrected chi connectivity index (χ0v) is 7.73. The lowest BCUT2D eigenvalue weighted by atomic mass is 10.5. The summed E-state index contributed by atoms with van der Waals surface area (Å²) in [6, 6.07) is 0. The average Bonchev–Trinajstić information content (AvgIpc) is 2.03. The Morgan fingerprint density at radius 2 is 2.17 bits per heavy atom. The summed E-state index contributed by atoms with van der Waals surface area (Å²) in [7, 11) is 0. The van der Waals surface area contributed by atoms with Crippen LogP contribution in [-0.4, -0.2) is 16.5 Å². The van der Waals surface area contributed by atoms with E-state index in [1.54, 1.807) is 6.20 Å². The van der Waals surface area contributed by atoms with Crippen LogP contribution in [0.15, 0.2) is 24.0 Å². The molecule has 1 rings (SSSR count). The molecule has 0 aromatic carbocycles. The minimum atomic E-state index is 0.329. The maximum atomic E-state index is 5.70. The van der Waals surface area contributed by atoms with Crippen LogP contribution in [0.4, 0.5) is 5.82 Å². The number of halogens is 2. The van der Waals surface area contributed by atoms with E-state index >= 15 is 0 Å². The zero-order valence-electron chi connectivity index (χ0n) is 6.22. The van der Waals surface area contributed by atoms with Gasteiger partial charge in [0.2, 0.25) is 0 Å². The molecule has 0 amide bonds. The normalized spacial score (nSPS) is 9.50. The predicted octanol–water partition coefficient (Wildman–Crippen LogP) is 2.29. The standard InChI is InChI=1S/C7H7Cl2N3/c1-5(8)4-12-7-6(9)10-2-3-11-7/h2-3H,1,4H2,(H,11,12). The summed E-state index contributed by atoms with van der Waals surface area (Å²) in [5, 5.41) is 3.70. The maximum absolute atomic E-state index is 5.70. The van der Waals surface area contributed by atoms with Crippen molar-refractivity contribution in [1.29, 1.82) is 0 Å². The molecular formula is C7H7Cl2N3. The van der Waals surface area contributed by atoms with Gasteiger partial charge in [-0.1, -0.05) is 29.8 Å². The van der Waals surface area contributed by atoms with Crippen molar-refractivity contribution in [2.24, 2.45) is 0 Å². The van der Waals surface area contributed by atoms with Gasteiger partial charge in [-0.3, -0.25) is 0 Å². The molecule has 0 unspecified atom stereocenters. The predicted molar refractivity (Wildman–Crippen MR) is 50.5 cm³/mol. The molecule has 5 heteroatoms. The number of hydrogen-bond acceptors (Lipinski definition) is 3. The SMILES string of the molecule is C=C(Cl)CNc1nccnc1Cl. The van der Waals surface area contributed by atoms with Gasteiger partial charge in [-0.25, -0.2) is 9.97 Å². The number of hydrogen-bond donors (Lipinski definition) is 1. The van der Waals surface area contributed by atoms with Crippen LogP contribution in [0.1, 0.15) is 0 Å². The van der Waals surface area contributed by atoms with Crippen LogP contribution < -0.4 is 5.32 Å². The van der Waals surface area contributed by atoms with Crippen LogP contribution in [0.3, 0.4) is 0 Å². The molecule has 0 aliphatic rings. The number of nitrogens with zero attached hydrogens (tertiary/aromatic N) is 2. The van der Waals surface area contributed by atoms with E-state index in [0.29, 0.717) is 22.5 Å². The van der Waals surface area contributed by atoms with Gasteiger partial charge < -0.3 is 5.32 Å². The van der Waals surface area contributed by atoms with E-state index in [4.69, 9.17) is 23.2 Å². The molecular weight excluding hydrogens is 197 g/mol. The summed E-state index contributed by atoms with van der Waals surface area (Å²) in [6.45, 7) is 3.94. The first-order chi connectivity index (χ1) is 5.70. The van der Waals surface area contributed by atoms with Crippen molar-refractivity contribution in [3.63, 3.8) is 0 Å². The Morgan fingerprint density at radius 3 is 2.75 bits per heavy atom. The second-order valence-electron chi connectivity index (χ2n) is 2.07. The topological polar surface area (TPSA) is 37.8 Å². The molecule has 0 spiro atoms. The molecule has 12 heavy (non-hydrogen) atoms. The van der Waals surface area contributed by atoms with E-state index in [1.807, 2.05) is 0 Å². The number of nitrogens with one attached hydrogen (secondary N) is 1. The van der Waals surface area contributed by atoms with E-state index in [1.165, 1.54) is 6.20 Å². The molecule has 3 nitrogen and oxygen atoms in total. The smallest absolute Gasteiger partial charge is 0.171 e. The van der Waals surface area contributed by atoms with Crippen LogP contribution in [0, 0.1) is 0 Å². The number of aromatic nitrogens is 2. The zero-order chi connectivity index (χ0) is 8.97. The molecule has 1 aromatic rings. The summed E-state index contributed by atoms with van der Waals surface area (Å²) in [6.07, 6.45) is 3.06. The molecule has 0 radical (unpaired) electrons. The second-order valence-corrected chi connectivity index (χ2v) is 2.96. The first kappa shape index (κ1) is 9.29. The summed E-state index contributed by atoms with van der Waals surface area (Å²) >= 11 is 11.2. The third kappa shape index (κ3) is 2.68. The third-order valence-corrected chi connectivity index (χ3v) is 1.51. The van der Waals surface area contributed by atoms with Gasteiger partial charge in [0.15, 0.2) is 11.0 Å². The van der Waals surface area contributed by atoms with Gasteiger partial charge in [-0.2, -0.15) is 0 Å². The van der Waals surface area contributed by atoms with Gasteiger partial charge in [0.1, 0.15) is 0 Å². The largest absolute Gasteiger partial charge is 0.363 e. The summed E-state index contributed by atoms with van der Waals surface area (Å²) in [4.78, 5) is 7.77. The monoisotopic (exact) mass is 203 g/mol. The molecule has 0 aliphatic heterocycles. The lowest BCUT2D eigenvalue weighted by Gasteiger charge is -2.03. The first-order valence-corrected chi connectivity index (χ1v) is 3.99. The van der Waals surface area contributed by atoms with Crippen molar-refractivity contribution >= 4 is 29.0 Å². The molecule has 0 fully saturated rings. The van der Waals surface area contributed by atoms with Crippen molar-refractivity contribution in [3.05, 3.63) is 29.2 Å². The third-order valence-electron chi connectivity index (χ3n) is 1.10. The Labute approximate surface area is 80.4 Å². The summed E-state index contributed by atoms with van der Waals surface area (Å²) < 4.78 is 0. The van der Waals surface area contributed by atoms with Crippen LogP contribution in [-0.2, 0) is 0 Å². The highest BCUT2D eigenvalue weighted by Gasteiger charge is 1.99. The van der Waals surface area contributed by atoms with Gasteiger partial charge in [-0.05, 0) is 0 Å². The van der Waals surface area contributed by atoms with Crippen molar-refractivity contribution in [2.45, 2.75) is 0 Å². The average molecular weight is 204 g/mol. The Bertz CT molecular complexity index is 288. The van der Waals surface area contributed by atoms with E-state index in [-0.39, 0.29) is 0 Å². The fourth-order valence-electron chi connectivity index (χ4n) is 0.619. The van der Waals surface area contributed by atoms with Gasteiger partial charge >= 0.3 is 0 Å². The summed E-state index contributed by atoms with van der Waals surface area (Å²) in [5.74, 6) is 0.515. The Hall–Kier alpha value is -0.800. The lowest BCUT2D eigenvalue weighted by Crippen LogP contribution is -2.03. The minimum Gasteiger partial charge on any atom is -0.363 e. The van der Waals surface area contributed by atoms with Crippen molar-refractivity contribution < 1.29 is 0 Å². The summed E-state index contributed by atoms with van der Waals surface area (Å²) in [5.41, 5.74) is 0. The van der Waals surface area contributed by atoms with E-state index in [0.717, 1.165) is 0 Å². The van der Waals surface area contributed by atoms with Crippen LogP contribution in [0.5, 0.6) is 0 Å². The van der Waals surface area contributed by atoms with Gasteiger partial charge in [0, 0.05) is 17.4 Å². The van der Waals surface area contributed by atoms with E-state index < -0.39 is 0 Å².